The molecule has 0 fully saturated rings. The molecular formula is C25H20N4OS. The number of thiophene rings is 1. The van der Waals surface area contributed by atoms with Gasteiger partial charge in [0.25, 0.3) is 5.91 Å². The molecule has 0 bridgehead atoms. The molecule has 1 amide bonds. The molecule has 0 radical (unpaired) electrons. The molecule has 6 heteroatoms. The summed E-state index contributed by atoms with van der Waals surface area (Å²) >= 11 is 1.44. The molecule has 3 aromatic heterocycles. The number of nitrogens with one attached hydrogen (secondary N) is 1. The summed E-state index contributed by atoms with van der Waals surface area (Å²) in [4.78, 5) is 13.7. The number of carbonyl (C=O) groups is 1. The number of para-hydroxylation sites is 1. The Bertz CT molecular complexity index is 1290. The predicted molar refractivity (Wildman–Crippen MR) is 124 cm³/mol. The van der Waals surface area contributed by atoms with Crippen molar-refractivity contribution in [1.82, 2.24) is 19.7 Å². The maximum Gasteiger partial charge on any atom is 0.263 e. The Labute approximate surface area is 184 Å². The van der Waals surface area contributed by atoms with E-state index in [1.807, 2.05) is 112 Å². The monoisotopic (exact) mass is 424 g/mol. The fraction of sp³-hybridized carbons (Fsp3) is 0.0400. The zero-order valence-electron chi connectivity index (χ0n) is 16.7. The highest BCUT2D eigenvalue weighted by molar-refractivity contribution is 7.12. The Morgan fingerprint density at radius 2 is 1.61 bits per heavy atom. The van der Waals surface area contributed by atoms with E-state index in [1.165, 1.54) is 11.3 Å². The molecule has 5 nitrogen and oxygen atoms in total. The highest BCUT2D eigenvalue weighted by Gasteiger charge is 2.17. The average Bonchev–Trinajstić information content (AvgIpc) is 3.59. The van der Waals surface area contributed by atoms with Crippen LogP contribution < -0.4 is 5.32 Å². The number of nitrogens with zero attached hydrogens (tertiary/aromatic N) is 3. The Hall–Kier alpha value is -3.90. The van der Waals surface area contributed by atoms with Gasteiger partial charge in [0.15, 0.2) is 0 Å². The summed E-state index contributed by atoms with van der Waals surface area (Å²) in [5.41, 5.74) is 4.70. The van der Waals surface area contributed by atoms with Crippen molar-refractivity contribution in [3.63, 3.8) is 0 Å². The van der Waals surface area contributed by atoms with Crippen LogP contribution >= 0.6 is 11.3 Å². The molecular weight excluding hydrogens is 404 g/mol. The van der Waals surface area contributed by atoms with Gasteiger partial charge >= 0.3 is 0 Å². The number of benzene rings is 2. The first-order valence-corrected chi connectivity index (χ1v) is 10.9. The minimum atomic E-state index is -0.0924. The molecule has 2 aromatic carbocycles. The first-order chi connectivity index (χ1) is 15.3. The molecule has 1 N–H and O–H groups in total. The smallest absolute Gasteiger partial charge is 0.263 e. The molecule has 5 rings (SSSR count). The van der Waals surface area contributed by atoms with Crippen molar-refractivity contribution in [1.29, 1.82) is 0 Å². The van der Waals surface area contributed by atoms with Crippen molar-refractivity contribution in [3.05, 3.63) is 113 Å². The van der Waals surface area contributed by atoms with E-state index < -0.39 is 0 Å². The lowest BCUT2D eigenvalue weighted by Crippen LogP contribution is -2.23. The topological polar surface area (TPSA) is 51.9 Å². The lowest BCUT2D eigenvalue weighted by Gasteiger charge is -2.07. The third-order valence-corrected chi connectivity index (χ3v) is 5.93. The SMILES string of the molecule is O=C(NCc1cn(-c2ccccc2)nc1-c1ccccc1)c1sccc1-n1cccc1. The molecule has 0 unspecified atom stereocenters. The van der Waals surface area contributed by atoms with Crippen molar-refractivity contribution >= 4 is 17.2 Å². The third kappa shape index (κ3) is 3.93. The van der Waals surface area contributed by atoms with Crippen LogP contribution in [-0.2, 0) is 6.54 Å². The first-order valence-electron chi connectivity index (χ1n) is 9.98. The van der Waals surface area contributed by atoms with Crippen LogP contribution in [0.4, 0.5) is 0 Å². The molecule has 0 saturated carbocycles. The highest BCUT2D eigenvalue weighted by Crippen LogP contribution is 2.25. The molecule has 0 spiro atoms. The van der Waals surface area contributed by atoms with Gasteiger partial charge in [-0.05, 0) is 35.7 Å². The van der Waals surface area contributed by atoms with Crippen molar-refractivity contribution in [2.75, 3.05) is 0 Å². The second-order valence-corrected chi connectivity index (χ2v) is 7.97. The van der Waals surface area contributed by atoms with Crippen molar-refractivity contribution in [3.8, 4) is 22.6 Å². The Balaban J connectivity index is 1.43. The van der Waals surface area contributed by atoms with Gasteiger partial charge < -0.3 is 9.88 Å². The van der Waals surface area contributed by atoms with Crippen LogP contribution in [-0.4, -0.2) is 20.3 Å². The molecule has 0 aliphatic rings. The lowest BCUT2D eigenvalue weighted by atomic mass is 10.1. The fourth-order valence-corrected chi connectivity index (χ4v) is 4.32. The molecule has 152 valence electrons. The number of rotatable bonds is 6. The molecule has 0 aliphatic carbocycles. The van der Waals surface area contributed by atoms with Gasteiger partial charge in [-0.15, -0.1) is 11.3 Å². The minimum absolute atomic E-state index is 0.0924. The summed E-state index contributed by atoms with van der Waals surface area (Å²) in [5.74, 6) is -0.0924. The van der Waals surface area contributed by atoms with Gasteiger partial charge in [0, 0.05) is 36.3 Å². The summed E-state index contributed by atoms with van der Waals surface area (Å²) < 4.78 is 3.81. The van der Waals surface area contributed by atoms with Crippen LogP contribution in [0.1, 0.15) is 15.2 Å². The van der Waals surface area contributed by atoms with E-state index in [9.17, 15) is 4.79 Å². The van der Waals surface area contributed by atoms with E-state index in [0.717, 1.165) is 28.2 Å². The quantitative estimate of drug-likeness (QED) is 0.401. The average molecular weight is 425 g/mol. The van der Waals surface area contributed by atoms with E-state index >= 15 is 0 Å². The molecule has 5 aromatic rings. The van der Waals surface area contributed by atoms with Gasteiger partial charge in [-0.25, -0.2) is 4.68 Å². The molecule has 0 aliphatic heterocycles. The van der Waals surface area contributed by atoms with Gasteiger partial charge in [0.1, 0.15) is 4.88 Å². The summed E-state index contributed by atoms with van der Waals surface area (Å²) in [6.45, 7) is 0.388. The van der Waals surface area contributed by atoms with Crippen molar-refractivity contribution in [2.45, 2.75) is 6.54 Å². The summed E-state index contributed by atoms with van der Waals surface area (Å²) in [6.07, 6.45) is 5.87. The number of amides is 1. The Kier molecular flexibility index (Phi) is 5.21. The summed E-state index contributed by atoms with van der Waals surface area (Å²) in [7, 11) is 0. The number of hydrogen-bond acceptors (Lipinski definition) is 3. The number of hydrogen-bond donors (Lipinski definition) is 1. The Morgan fingerprint density at radius 1 is 0.903 bits per heavy atom. The second kappa shape index (κ2) is 8.45. The van der Waals surface area contributed by atoms with Crippen LogP contribution in [0.3, 0.4) is 0 Å². The van der Waals surface area contributed by atoms with Crippen molar-refractivity contribution in [2.24, 2.45) is 0 Å². The molecule has 3 heterocycles. The van der Waals surface area contributed by atoms with Gasteiger partial charge in [0.2, 0.25) is 0 Å². The van der Waals surface area contributed by atoms with E-state index in [-0.39, 0.29) is 5.91 Å². The molecule has 0 atom stereocenters. The number of aromatic nitrogens is 3. The first kappa shape index (κ1) is 19.1. The number of carbonyl (C=O) groups excluding carboxylic acids is 1. The standard InChI is InChI=1S/C25H20N4OS/c30-25(24-22(13-16-31-24)28-14-7-8-15-28)26-17-20-18-29(21-11-5-2-6-12-21)27-23(20)19-9-3-1-4-10-19/h1-16,18H,17H2,(H,26,30). The zero-order chi connectivity index (χ0) is 21.0. The second-order valence-electron chi connectivity index (χ2n) is 7.06. The van der Waals surface area contributed by atoms with E-state index in [2.05, 4.69) is 5.32 Å². The van der Waals surface area contributed by atoms with Crippen LogP contribution in [0, 0.1) is 0 Å². The van der Waals surface area contributed by atoms with Gasteiger partial charge in [-0.3, -0.25) is 4.79 Å². The van der Waals surface area contributed by atoms with Crippen LogP contribution in [0.2, 0.25) is 0 Å². The van der Waals surface area contributed by atoms with Crippen LogP contribution in [0.5, 0.6) is 0 Å². The van der Waals surface area contributed by atoms with Crippen LogP contribution in [0.15, 0.2) is 103 Å². The molecule has 31 heavy (non-hydrogen) atoms. The zero-order valence-corrected chi connectivity index (χ0v) is 17.5. The Morgan fingerprint density at radius 3 is 2.35 bits per heavy atom. The van der Waals surface area contributed by atoms with E-state index in [1.54, 1.807) is 0 Å². The molecule has 0 saturated heterocycles. The van der Waals surface area contributed by atoms with E-state index in [4.69, 9.17) is 5.10 Å². The maximum absolute atomic E-state index is 13.0. The minimum Gasteiger partial charge on any atom is -0.347 e. The highest BCUT2D eigenvalue weighted by atomic mass is 32.1. The van der Waals surface area contributed by atoms with Gasteiger partial charge in [-0.1, -0.05) is 48.5 Å². The fourth-order valence-electron chi connectivity index (χ4n) is 3.52. The summed E-state index contributed by atoms with van der Waals surface area (Å²) in [5, 5.41) is 9.83. The van der Waals surface area contributed by atoms with Gasteiger partial charge in [0.05, 0.1) is 17.1 Å². The van der Waals surface area contributed by atoms with Gasteiger partial charge in [-0.2, -0.15) is 5.10 Å². The largest absolute Gasteiger partial charge is 0.347 e. The lowest BCUT2D eigenvalue weighted by molar-refractivity contribution is 0.0955. The maximum atomic E-state index is 13.0. The van der Waals surface area contributed by atoms with E-state index in [0.29, 0.717) is 11.4 Å². The normalized spacial score (nSPS) is 10.8. The van der Waals surface area contributed by atoms with Crippen LogP contribution in [0.25, 0.3) is 22.6 Å². The predicted octanol–water partition coefficient (Wildman–Crippen LogP) is 5.32. The third-order valence-electron chi connectivity index (χ3n) is 5.03. The summed E-state index contributed by atoms with van der Waals surface area (Å²) in [6, 6.07) is 25.9. The van der Waals surface area contributed by atoms with Crippen molar-refractivity contribution < 1.29 is 4.79 Å².